The van der Waals surface area contributed by atoms with Gasteiger partial charge in [-0.3, -0.25) is 4.79 Å². The van der Waals surface area contributed by atoms with Crippen molar-refractivity contribution in [2.24, 2.45) is 5.92 Å². The third-order valence-corrected chi connectivity index (χ3v) is 2.49. The SMILES string of the molecule is CC(C)(C)OC(=O)CC(Cc1ccccc1)C(=O)[O-]. The van der Waals surface area contributed by atoms with E-state index in [1.807, 2.05) is 30.3 Å². The Kier molecular flexibility index (Phi) is 5.10. The lowest BCUT2D eigenvalue weighted by molar-refractivity contribution is -0.311. The Balaban J connectivity index is 2.64. The van der Waals surface area contributed by atoms with Crippen LogP contribution in [0.15, 0.2) is 30.3 Å². The first kappa shape index (κ1) is 15.2. The molecule has 0 amide bonds. The second kappa shape index (κ2) is 6.36. The molecule has 1 unspecified atom stereocenters. The molecule has 0 heterocycles. The van der Waals surface area contributed by atoms with Gasteiger partial charge in [0.25, 0.3) is 0 Å². The molecule has 0 N–H and O–H groups in total. The van der Waals surface area contributed by atoms with Crippen LogP contribution in [-0.2, 0) is 20.7 Å². The van der Waals surface area contributed by atoms with Gasteiger partial charge in [-0.2, -0.15) is 0 Å². The summed E-state index contributed by atoms with van der Waals surface area (Å²) in [6.07, 6.45) is 0.0942. The zero-order chi connectivity index (χ0) is 14.5. The van der Waals surface area contributed by atoms with Gasteiger partial charge in [0.05, 0.1) is 6.42 Å². The van der Waals surface area contributed by atoms with E-state index in [0.29, 0.717) is 0 Å². The maximum absolute atomic E-state index is 11.7. The summed E-state index contributed by atoms with van der Waals surface area (Å²) in [4.78, 5) is 22.7. The molecule has 0 aromatic heterocycles. The zero-order valence-corrected chi connectivity index (χ0v) is 11.5. The number of carbonyl (C=O) groups excluding carboxylic acids is 2. The molecule has 0 aliphatic heterocycles. The maximum atomic E-state index is 11.7. The number of carboxylic acid groups (broad SMARTS) is 1. The van der Waals surface area contributed by atoms with E-state index < -0.39 is 23.5 Å². The molecule has 0 saturated heterocycles. The summed E-state index contributed by atoms with van der Waals surface area (Å²) < 4.78 is 5.13. The van der Waals surface area contributed by atoms with Crippen molar-refractivity contribution in [1.29, 1.82) is 0 Å². The summed E-state index contributed by atoms with van der Waals surface area (Å²) in [6, 6.07) is 9.16. The number of esters is 1. The number of hydrogen-bond acceptors (Lipinski definition) is 4. The van der Waals surface area contributed by atoms with Gasteiger partial charge in [0.1, 0.15) is 5.60 Å². The predicted octanol–water partition coefficient (Wildman–Crippen LogP) is 1.33. The quantitative estimate of drug-likeness (QED) is 0.752. The Morgan fingerprint density at radius 2 is 1.79 bits per heavy atom. The van der Waals surface area contributed by atoms with E-state index in [2.05, 4.69) is 0 Å². The van der Waals surface area contributed by atoms with E-state index in [9.17, 15) is 14.7 Å². The minimum absolute atomic E-state index is 0.172. The predicted molar refractivity (Wildman–Crippen MR) is 69.1 cm³/mol. The fourth-order valence-electron chi connectivity index (χ4n) is 1.72. The van der Waals surface area contributed by atoms with Crippen molar-refractivity contribution < 1.29 is 19.4 Å². The van der Waals surface area contributed by atoms with Crippen LogP contribution in [-0.4, -0.2) is 17.5 Å². The minimum atomic E-state index is -1.23. The van der Waals surface area contributed by atoms with Crippen LogP contribution in [0.3, 0.4) is 0 Å². The van der Waals surface area contributed by atoms with Gasteiger partial charge in [0.2, 0.25) is 0 Å². The van der Waals surface area contributed by atoms with Crippen molar-refractivity contribution in [3.05, 3.63) is 35.9 Å². The van der Waals surface area contributed by atoms with Gasteiger partial charge in [-0.05, 0) is 32.8 Å². The number of rotatable bonds is 5. The third-order valence-electron chi connectivity index (χ3n) is 2.49. The van der Waals surface area contributed by atoms with Crippen molar-refractivity contribution in [2.45, 2.75) is 39.2 Å². The topological polar surface area (TPSA) is 66.4 Å². The molecule has 4 nitrogen and oxygen atoms in total. The normalized spacial score (nSPS) is 12.8. The molecular weight excluding hydrogens is 244 g/mol. The molecule has 0 bridgehead atoms. The van der Waals surface area contributed by atoms with Crippen molar-refractivity contribution in [3.8, 4) is 0 Å². The molecule has 1 atom stereocenters. The lowest BCUT2D eigenvalue weighted by Crippen LogP contribution is -2.35. The van der Waals surface area contributed by atoms with E-state index in [1.54, 1.807) is 20.8 Å². The summed E-state index contributed by atoms with van der Waals surface area (Å²) in [7, 11) is 0. The molecule has 0 radical (unpaired) electrons. The van der Waals surface area contributed by atoms with Crippen LogP contribution in [0.4, 0.5) is 0 Å². The molecule has 0 aliphatic carbocycles. The molecule has 1 rings (SSSR count). The molecule has 0 fully saturated rings. The first-order valence-electron chi connectivity index (χ1n) is 6.24. The van der Waals surface area contributed by atoms with Crippen molar-refractivity contribution in [3.63, 3.8) is 0 Å². The second-order valence-electron chi connectivity index (χ2n) is 5.50. The van der Waals surface area contributed by atoms with E-state index in [-0.39, 0.29) is 12.8 Å². The highest BCUT2D eigenvalue weighted by atomic mass is 16.6. The molecule has 104 valence electrons. The Morgan fingerprint density at radius 3 is 2.26 bits per heavy atom. The monoisotopic (exact) mass is 263 g/mol. The van der Waals surface area contributed by atoms with Gasteiger partial charge in [0, 0.05) is 11.9 Å². The molecule has 19 heavy (non-hydrogen) atoms. The summed E-state index contributed by atoms with van der Waals surface area (Å²) in [5, 5.41) is 11.1. The van der Waals surface area contributed by atoms with E-state index in [0.717, 1.165) is 5.56 Å². The zero-order valence-electron chi connectivity index (χ0n) is 11.5. The number of benzene rings is 1. The van der Waals surface area contributed by atoms with Crippen LogP contribution in [0, 0.1) is 5.92 Å². The smallest absolute Gasteiger partial charge is 0.306 e. The van der Waals surface area contributed by atoms with Gasteiger partial charge >= 0.3 is 5.97 Å². The first-order valence-corrected chi connectivity index (χ1v) is 6.24. The maximum Gasteiger partial charge on any atom is 0.306 e. The number of ether oxygens (including phenoxy) is 1. The van der Waals surface area contributed by atoms with Crippen LogP contribution in [0.5, 0.6) is 0 Å². The van der Waals surface area contributed by atoms with Crippen LogP contribution in [0.1, 0.15) is 32.8 Å². The summed E-state index contributed by atoms with van der Waals surface area (Å²) in [5.41, 5.74) is 0.251. The van der Waals surface area contributed by atoms with Crippen molar-refractivity contribution in [2.75, 3.05) is 0 Å². The van der Waals surface area contributed by atoms with Crippen LogP contribution < -0.4 is 5.11 Å². The van der Waals surface area contributed by atoms with Gasteiger partial charge in [0.15, 0.2) is 0 Å². The highest BCUT2D eigenvalue weighted by molar-refractivity contribution is 5.78. The number of hydrogen-bond donors (Lipinski definition) is 0. The highest BCUT2D eigenvalue weighted by Crippen LogP contribution is 2.15. The fraction of sp³-hybridized carbons (Fsp3) is 0.467. The van der Waals surface area contributed by atoms with Gasteiger partial charge in [-0.15, -0.1) is 0 Å². The molecule has 1 aromatic rings. The van der Waals surface area contributed by atoms with Crippen LogP contribution in [0.2, 0.25) is 0 Å². The summed E-state index contributed by atoms with van der Waals surface area (Å²) in [6.45, 7) is 5.24. The third kappa shape index (κ3) is 6.04. The van der Waals surface area contributed by atoms with Gasteiger partial charge in [-0.25, -0.2) is 0 Å². The first-order chi connectivity index (χ1) is 8.78. The van der Waals surface area contributed by atoms with Gasteiger partial charge < -0.3 is 14.6 Å². The summed E-state index contributed by atoms with van der Waals surface area (Å²) in [5.74, 6) is -2.61. The molecule has 0 spiro atoms. The minimum Gasteiger partial charge on any atom is -0.550 e. The second-order valence-corrected chi connectivity index (χ2v) is 5.50. The van der Waals surface area contributed by atoms with E-state index in [1.165, 1.54) is 0 Å². The number of carboxylic acids is 1. The fourth-order valence-corrected chi connectivity index (χ4v) is 1.72. The van der Waals surface area contributed by atoms with Crippen LogP contribution in [0.25, 0.3) is 0 Å². The molecule has 4 heteroatoms. The lowest BCUT2D eigenvalue weighted by atomic mass is 9.96. The Morgan fingerprint density at radius 1 is 1.21 bits per heavy atom. The highest BCUT2D eigenvalue weighted by Gasteiger charge is 2.21. The number of carbonyl (C=O) groups is 2. The van der Waals surface area contributed by atoms with E-state index in [4.69, 9.17) is 4.74 Å². The number of aliphatic carboxylic acids is 1. The van der Waals surface area contributed by atoms with Crippen LogP contribution >= 0.6 is 0 Å². The average Bonchev–Trinajstić information content (AvgIpc) is 2.26. The molecule has 0 saturated carbocycles. The standard InChI is InChI=1S/C15H20O4/c1-15(2,3)19-13(16)10-12(14(17)18)9-11-7-5-4-6-8-11/h4-8,12H,9-10H2,1-3H3,(H,17,18)/p-1. The van der Waals surface area contributed by atoms with Crippen molar-refractivity contribution in [1.82, 2.24) is 0 Å². The molecule has 0 aliphatic rings. The molecule has 1 aromatic carbocycles. The van der Waals surface area contributed by atoms with E-state index >= 15 is 0 Å². The Hall–Kier alpha value is -1.84. The van der Waals surface area contributed by atoms with Crippen molar-refractivity contribution >= 4 is 11.9 Å². The average molecular weight is 263 g/mol. The summed E-state index contributed by atoms with van der Waals surface area (Å²) >= 11 is 0. The lowest BCUT2D eigenvalue weighted by Gasteiger charge is -2.22. The molecular formula is C15H19O4-. The Bertz CT molecular complexity index is 431. The van der Waals surface area contributed by atoms with Gasteiger partial charge in [-0.1, -0.05) is 30.3 Å². The largest absolute Gasteiger partial charge is 0.550 e. The Labute approximate surface area is 113 Å².